The van der Waals surface area contributed by atoms with Crippen molar-refractivity contribution in [3.05, 3.63) is 83.9 Å². The van der Waals surface area contributed by atoms with Crippen molar-refractivity contribution >= 4 is 21.5 Å². The van der Waals surface area contributed by atoms with Crippen molar-refractivity contribution in [3.63, 3.8) is 0 Å². The molecule has 2 aliphatic rings. The molecule has 0 saturated carbocycles. The zero-order valence-electron chi connectivity index (χ0n) is 17.2. The summed E-state index contributed by atoms with van der Waals surface area (Å²) in [5.74, 6) is 2.28. The van der Waals surface area contributed by atoms with E-state index < -0.39 is 10.0 Å². The van der Waals surface area contributed by atoms with Gasteiger partial charge in [-0.05, 0) is 43.3 Å². The molecule has 5 rings (SSSR count). The molecule has 31 heavy (non-hydrogen) atoms. The summed E-state index contributed by atoms with van der Waals surface area (Å²) in [4.78, 5) is 7.39. The quantitative estimate of drug-likeness (QED) is 0.608. The summed E-state index contributed by atoms with van der Waals surface area (Å²) in [6.07, 6.45) is 0. The highest BCUT2D eigenvalue weighted by Crippen LogP contribution is 2.38. The first kappa shape index (κ1) is 19.8. The van der Waals surface area contributed by atoms with Gasteiger partial charge in [0.1, 0.15) is 17.3 Å². The maximum absolute atomic E-state index is 13.1. The minimum atomic E-state index is -3.51. The first-order valence-corrected chi connectivity index (χ1v) is 11.7. The van der Waals surface area contributed by atoms with Gasteiger partial charge in [-0.3, -0.25) is 0 Å². The fourth-order valence-electron chi connectivity index (χ4n) is 3.91. The van der Waals surface area contributed by atoms with Gasteiger partial charge in [0.2, 0.25) is 10.0 Å². The summed E-state index contributed by atoms with van der Waals surface area (Å²) in [5, 5.41) is 0. The fraction of sp³-hybridized carbons (Fsp3) is 0.208. The number of aliphatic imine (C=N–C) groups is 1. The third-order valence-electron chi connectivity index (χ3n) is 5.64. The monoisotopic (exact) mass is 433 g/mol. The summed E-state index contributed by atoms with van der Waals surface area (Å²) in [6.45, 7) is 3.86. The minimum Gasteiger partial charge on any atom is -0.454 e. The third kappa shape index (κ3) is 3.71. The second-order valence-electron chi connectivity index (χ2n) is 7.71. The van der Waals surface area contributed by atoms with E-state index in [4.69, 9.17) is 9.73 Å². The zero-order valence-corrected chi connectivity index (χ0v) is 18.0. The lowest BCUT2D eigenvalue weighted by molar-refractivity contribution is 0.266. The second kappa shape index (κ2) is 7.83. The molecule has 3 aromatic rings. The van der Waals surface area contributed by atoms with Crippen LogP contribution < -0.4 is 4.74 Å². The van der Waals surface area contributed by atoms with Crippen LogP contribution in [0.3, 0.4) is 0 Å². The maximum Gasteiger partial charge on any atom is 0.243 e. The number of amidine groups is 1. The predicted molar refractivity (Wildman–Crippen MR) is 121 cm³/mol. The Balaban J connectivity index is 1.42. The number of sulfonamides is 1. The number of ether oxygens (including phenoxy) is 1. The highest BCUT2D eigenvalue weighted by Gasteiger charge is 2.31. The molecule has 2 aliphatic heterocycles. The van der Waals surface area contributed by atoms with Gasteiger partial charge in [-0.2, -0.15) is 4.31 Å². The molecule has 0 spiro atoms. The number of rotatable bonds is 2. The van der Waals surface area contributed by atoms with Gasteiger partial charge in [0.05, 0.1) is 10.5 Å². The van der Waals surface area contributed by atoms with Gasteiger partial charge < -0.3 is 9.64 Å². The van der Waals surface area contributed by atoms with Crippen molar-refractivity contribution in [2.24, 2.45) is 4.99 Å². The van der Waals surface area contributed by atoms with Crippen LogP contribution in [0.15, 0.2) is 82.7 Å². The van der Waals surface area contributed by atoms with Crippen molar-refractivity contribution in [1.29, 1.82) is 0 Å². The highest BCUT2D eigenvalue weighted by molar-refractivity contribution is 7.89. The molecule has 0 atom stereocenters. The average Bonchev–Trinajstić information content (AvgIpc) is 2.96. The lowest BCUT2D eigenvalue weighted by Crippen LogP contribution is -2.50. The topological polar surface area (TPSA) is 62.2 Å². The minimum absolute atomic E-state index is 0.339. The standard InChI is InChI=1S/C24H23N3O3S/c1-18-10-12-19(13-11-18)31(28,29)27-16-14-26(15-17-27)24-20-6-2-4-8-22(20)30-23-9-5-3-7-21(23)25-24/h2-13H,14-17H2,1H3. The molecule has 1 fully saturated rings. The van der Waals surface area contributed by atoms with Crippen molar-refractivity contribution in [2.75, 3.05) is 26.2 Å². The molecule has 0 bridgehead atoms. The van der Waals surface area contributed by atoms with Crippen LogP contribution in [0.25, 0.3) is 0 Å². The van der Waals surface area contributed by atoms with Crippen LogP contribution in [0.2, 0.25) is 0 Å². The molecule has 6 nitrogen and oxygen atoms in total. The van der Waals surface area contributed by atoms with E-state index in [2.05, 4.69) is 4.90 Å². The van der Waals surface area contributed by atoms with Gasteiger partial charge in [-0.15, -0.1) is 0 Å². The number of hydrogen-bond donors (Lipinski definition) is 0. The molecule has 0 amide bonds. The third-order valence-corrected chi connectivity index (χ3v) is 7.55. The lowest BCUT2D eigenvalue weighted by Gasteiger charge is -2.35. The van der Waals surface area contributed by atoms with Crippen LogP contribution in [0.4, 0.5) is 5.69 Å². The van der Waals surface area contributed by atoms with Gasteiger partial charge in [-0.1, -0.05) is 42.0 Å². The van der Waals surface area contributed by atoms with Crippen molar-refractivity contribution in [3.8, 4) is 11.5 Å². The van der Waals surface area contributed by atoms with Crippen LogP contribution in [-0.4, -0.2) is 49.6 Å². The van der Waals surface area contributed by atoms with Gasteiger partial charge in [-0.25, -0.2) is 13.4 Å². The number of benzene rings is 3. The van der Waals surface area contributed by atoms with E-state index in [9.17, 15) is 8.42 Å². The van der Waals surface area contributed by atoms with Crippen molar-refractivity contribution < 1.29 is 13.2 Å². The molecule has 1 saturated heterocycles. The Kier molecular flexibility index (Phi) is 5.00. The Morgan fingerprint density at radius 2 is 1.45 bits per heavy atom. The second-order valence-corrected chi connectivity index (χ2v) is 9.64. The first-order valence-electron chi connectivity index (χ1n) is 10.3. The van der Waals surface area contributed by atoms with E-state index in [1.807, 2.05) is 67.6 Å². The smallest absolute Gasteiger partial charge is 0.243 e. The van der Waals surface area contributed by atoms with Crippen LogP contribution in [-0.2, 0) is 10.0 Å². The van der Waals surface area contributed by atoms with Crippen LogP contribution in [0.1, 0.15) is 11.1 Å². The molecule has 0 aromatic heterocycles. The number of hydrogen-bond acceptors (Lipinski definition) is 5. The van der Waals surface area contributed by atoms with E-state index in [-0.39, 0.29) is 0 Å². The highest BCUT2D eigenvalue weighted by atomic mass is 32.2. The Morgan fingerprint density at radius 1 is 0.806 bits per heavy atom. The Bertz CT molecular complexity index is 1250. The van der Waals surface area contributed by atoms with Crippen molar-refractivity contribution in [2.45, 2.75) is 11.8 Å². The summed E-state index contributed by atoms with van der Waals surface area (Å²) in [5.41, 5.74) is 2.72. The molecule has 0 aliphatic carbocycles. The number of para-hydroxylation sites is 3. The molecular weight excluding hydrogens is 410 g/mol. The first-order chi connectivity index (χ1) is 15.0. The van der Waals surface area contributed by atoms with Crippen LogP contribution in [0.5, 0.6) is 11.5 Å². The van der Waals surface area contributed by atoms with E-state index >= 15 is 0 Å². The van der Waals surface area contributed by atoms with Crippen LogP contribution >= 0.6 is 0 Å². The molecule has 0 radical (unpaired) electrons. The summed E-state index contributed by atoms with van der Waals surface area (Å²) in [7, 11) is -3.51. The number of fused-ring (bicyclic) bond motifs is 2. The molecule has 7 heteroatoms. The van der Waals surface area contributed by atoms with Gasteiger partial charge in [0.15, 0.2) is 5.75 Å². The molecule has 0 unspecified atom stereocenters. The Morgan fingerprint density at radius 3 is 2.19 bits per heavy atom. The maximum atomic E-state index is 13.1. The molecule has 3 aromatic carbocycles. The molecule has 158 valence electrons. The molecule has 2 heterocycles. The SMILES string of the molecule is Cc1ccc(S(=O)(=O)N2CCN(C3=Nc4ccccc4Oc4ccccc43)CC2)cc1. The molecule has 0 N–H and O–H groups in total. The summed E-state index contributed by atoms with van der Waals surface area (Å²) >= 11 is 0. The Hall–Kier alpha value is -3.16. The fourth-order valence-corrected chi connectivity index (χ4v) is 5.33. The largest absolute Gasteiger partial charge is 0.454 e. The van der Waals surface area contributed by atoms with Gasteiger partial charge >= 0.3 is 0 Å². The summed E-state index contributed by atoms with van der Waals surface area (Å²) < 4.78 is 33.8. The molecular formula is C24H23N3O3S. The average molecular weight is 434 g/mol. The van der Waals surface area contributed by atoms with E-state index in [1.54, 1.807) is 16.4 Å². The van der Waals surface area contributed by atoms with Crippen LogP contribution in [0, 0.1) is 6.92 Å². The number of aryl methyl sites for hydroxylation is 1. The zero-order chi connectivity index (χ0) is 21.4. The summed E-state index contributed by atoms with van der Waals surface area (Å²) in [6, 6.07) is 22.6. The predicted octanol–water partition coefficient (Wildman–Crippen LogP) is 4.19. The van der Waals surface area contributed by atoms with E-state index in [0.29, 0.717) is 36.8 Å². The Labute approximate surface area is 182 Å². The van der Waals surface area contributed by atoms with Gasteiger partial charge in [0.25, 0.3) is 0 Å². The number of nitrogens with zero attached hydrogens (tertiary/aromatic N) is 3. The normalized spacial score (nSPS) is 16.5. The van der Waals surface area contributed by atoms with E-state index in [1.165, 1.54) is 0 Å². The van der Waals surface area contributed by atoms with Gasteiger partial charge in [0, 0.05) is 26.2 Å². The van der Waals surface area contributed by atoms with Crippen molar-refractivity contribution in [1.82, 2.24) is 9.21 Å². The number of piperazine rings is 1. The van der Waals surface area contributed by atoms with E-state index in [0.717, 1.165) is 28.4 Å². The lowest BCUT2D eigenvalue weighted by atomic mass is 10.1.